The lowest BCUT2D eigenvalue weighted by molar-refractivity contribution is -0.127. The summed E-state index contributed by atoms with van der Waals surface area (Å²) in [6, 6.07) is 16.9. The lowest BCUT2D eigenvalue weighted by atomic mass is 10.1. The number of para-hydroxylation sites is 1. The fourth-order valence-electron chi connectivity index (χ4n) is 5.41. The average molecular weight is 560 g/mol. The van der Waals surface area contributed by atoms with Crippen molar-refractivity contribution in [1.29, 1.82) is 0 Å². The number of amides is 3. The molecule has 2 saturated heterocycles. The van der Waals surface area contributed by atoms with E-state index in [1.54, 1.807) is 24.3 Å². The molecule has 0 spiro atoms. The van der Waals surface area contributed by atoms with Crippen LogP contribution in [0.2, 0.25) is 0 Å². The average Bonchev–Trinajstić information content (AvgIpc) is 3.64. The van der Waals surface area contributed by atoms with E-state index in [1.807, 2.05) is 17.0 Å². The number of furan rings is 1. The van der Waals surface area contributed by atoms with Gasteiger partial charge >= 0.3 is 0 Å². The van der Waals surface area contributed by atoms with Gasteiger partial charge in [-0.15, -0.1) is 0 Å². The number of hydrogen-bond acceptors (Lipinski definition) is 7. The van der Waals surface area contributed by atoms with Crippen molar-refractivity contribution < 1.29 is 23.5 Å². The Morgan fingerprint density at radius 3 is 2.37 bits per heavy atom. The summed E-state index contributed by atoms with van der Waals surface area (Å²) < 4.78 is 10.5. The smallest absolute Gasteiger partial charge is 0.291 e. The fourth-order valence-corrected chi connectivity index (χ4v) is 5.41. The number of anilines is 3. The molecule has 3 heterocycles. The van der Waals surface area contributed by atoms with Crippen molar-refractivity contribution in [3.8, 4) is 5.95 Å². The third-order valence-electron chi connectivity index (χ3n) is 7.65. The predicted molar refractivity (Wildman–Crippen MR) is 158 cm³/mol. The molecule has 0 unspecified atom stereocenters. The van der Waals surface area contributed by atoms with Crippen LogP contribution in [-0.4, -0.2) is 75.5 Å². The summed E-state index contributed by atoms with van der Waals surface area (Å²) >= 11 is 0. The summed E-state index contributed by atoms with van der Waals surface area (Å²) in [5, 5.41) is 5.89. The van der Waals surface area contributed by atoms with Gasteiger partial charge in [0.15, 0.2) is 5.76 Å². The minimum absolute atomic E-state index is 0.114. The number of nitrogens with one attached hydrogen (secondary N) is 2. The molecule has 0 atom stereocenters. The molecular weight excluding hydrogens is 522 g/mol. The second-order valence-corrected chi connectivity index (χ2v) is 10.4. The second kappa shape index (κ2) is 12.8. The van der Waals surface area contributed by atoms with Crippen molar-refractivity contribution in [2.45, 2.75) is 26.2 Å². The van der Waals surface area contributed by atoms with Crippen LogP contribution in [0, 0.1) is 6.92 Å². The van der Waals surface area contributed by atoms with Crippen molar-refractivity contribution in [3.63, 3.8) is 0 Å². The number of likely N-dealkylation sites (tertiary alicyclic amines) is 1. The summed E-state index contributed by atoms with van der Waals surface area (Å²) in [5.74, 6) is -0.124. The third kappa shape index (κ3) is 6.65. The first-order valence-corrected chi connectivity index (χ1v) is 14.1. The maximum absolute atomic E-state index is 13.1. The number of methoxy groups -OCH3 is 1. The van der Waals surface area contributed by atoms with Gasteiger partial charge in [0.1, 0.15) is 0 Å². The monoisotopic (exact) mass is 559 g/mol. The van der Waals surface area contributed by atoms with Gasteiger partial charge in [0.25, 0.3) is 17.8 Å². The van der Waals surface area contributed by atoms with Crippen LogP contribution in [-0.2, 0) is 4.79 Å². The normalized spacial score (nSPS) is 15.3. The van der Waals surface area contributed by atoms with Gasteiger partial charge < -0.3 is 34.5 Å². The van der Waals surface area contributed by atoms with Gasteiger partial charge in [-0.2, -0.15) is 0 Å². The fraction of sp³-hybridized carbons (Fsp3) is 0.387. The number of ether oxygens (including phenoxy) is 1. The Hall–Kier alpha value is -4.47. The van der Waals surface area contributed by atoms with Gasteiger partial charge in [0.2, 0.25) is 5.91 Å². The third-order valence-corrected chi connectivity index (χ3v) is 7.65. The molecule has 2 aromatic carbocycles. The van der Waals surface area contributed by atoms with E-state index in [-0.39, 0.29) is 23.5 Å². The van der Waals surface area contributed by atoms with E-state index < -0.39 is 5.91 Å². The van der Waals surface area contributed by atoms with Gasteiger partial charge in [-0.05, 0) is 55.7 Å². The largest absolute Gasteiger partial charge is 0.468 e. The SMILES string of the molecule is COc1ccc(C(=O)Nc2cc(C(=O)NCCCN3CCCC3=O)ccc2N2CCN(c3ccccc3C)CC2)o1. The van der Waals surface area contributed by atoms with Crippen molar-refractivity contribution in [3.05, 3.63) is 71.5 Å². The van der Waals surface area contributed by atoms with Crippen molar-refractivity contribution in [1.82, 2.24) is 10.2 Å². The molecule has 216 valence electrons. The molecular formula is C31H37N5O5. The summed E-state index contributed by atoms with van der Waals surface area (Å²) in [6.07, 6.45) is 2.20. The van der Waals surface area contributed by atoms with Crippen molar-refractivity contribution >= 4 is 34.8 Å². The minimum Gasteiger partial charge on any atom is -0.468 e. The van der Waals surface area contributed by atoms with Gasteiger partial charge in [-0.1, -0.05) is 18.2 Å². The van der Waals surface area contributed by atoms with Crippen LogP contribution < -0.4 is 25.2 Å². The lowest BCUT2D eigenvalue weighted by Gasteiger charge is -2.38. The highest BCUT2D eigenvalue weighted by Crippen LogP contribution is 2.31. The maximum Gasteiger partial charge on any atom is 0.291 e. The number of rotatable bonds is 10. The van der Waals surface area contributed by atoms with Crippen LogP contribution in [0.3, 0.4) is 0 Å². The first-order chi connectivity index (χ1) is 19.9. The minimum atomic E-state index is -0.430. The van der Waals surface area contributed by atoms with Crippen LogP contribution in [0.25, 0.3) is 0 Å². The highest BCUT2D eigenvalue weighted by atomic mass is 16.6. The molecule has 10 nitrogen and oxygen atoms in total. The Bertz CT molecular complexity index is 1400. The van der Waals surface area contributed by atoms with E-state index in [0.717, 1.165) is 44.8 Å². The molecule has 3 aromatic rings. The number of carbonyl (C=O) groups excluding carboxylic acids is 3. The van der Waals surface area contributed by atoms with Gasteiger partial charge in [0.05, 0.1) is 18.5 Å². The zero-order valence-corrected chi connectivity index (χ0v) is 23.7. The molecule has 0 radical (unpaired) electrons. The number of piperazine rings is 1. The molecule has 3 amide bonds. The number of aryl methyl sites for hydroxylation is 1. The number of carbonyl (C=O) groups is 3. The highest BCUT2D eigenvalue weighted by Gasteiger charge is 2.23. The van der Waals surface area contributed by atoms with E-state index in [0.29, 0.717) is 37.2 Å². The first-order valence-electron chi connectivity index (χ1n) is 14.1. The number of hydrogen-bond donors (Lipinski definition) is 2. The molecule has 2 aliphatic heterocycles. The summed E-state index contributed by atoms with van der Waals surface area (Å²) in [5.41, 5.74) is 4.28. The van der Waals surface area contributed by atoms with Gasteiger partial charge in [0, 0.05) is 69.6 Å². The van der Waals surface area contributed by atoms with E-state index in [4.69, 9.17) is 9.15 Å². The van der Waals surface area contributed by atoms with E-state index >= 15 is 0 Å². The molecule has 0 saturated carbocycles. The molecule has 41 heavy (non-hydrogen) atoms. The molecule has 2 aliphatic rings. The van der Waals surface area contributed by atoms with E-state index in [9.17, 15) is 14.4 Å². The molecule has 10 heteroatoms. The van der Waals surface area contributed by atoms with Crippen molar-refractivity contribution in [2.75, 3.05) is 68.0 Å². The Morgan fingerprint density at radius 2 is 1.68 bits per heavy atom. The maximum atomic E-state index is 13.1. The van der Waals surface area contributed by atoms with Crippen LogP contribution in [0.1, 0.15) is 45.7 Å². The van der Waals surface area contributed by atoms with Crippen LogP contribution in [0.15, 0.2) is 59.0 Å². The quantitative estimate of drug-likeness (QED) is 0.363. The van der Waals surface area contributed by atoms with Gasteiger partial charge in [-0.25, -0.2) is 0 Å². The summed E-state index contributed by atoms with van der Waals surface area (Å²) in [7, 11) is 1.47. The lowest BCUT2D eigenvalue weighted by Crippen LogP contribution is -2.47. The molecule has 0 bridgehead atoms. The molecule has 2 fully saturated rings. The Balaban J connectivity index is 1.29. The van der Waals surface area contributed by atoms with Crippen LogP contribution >= 0.6 is 0 Å². The molecule has 5 rings (SSSR count). The molecule has 2 N–H and O–H groups in total. The highest BCUT2D eigenvalue weighted by molar-refractivity contribution is 6.05. The van der Waals surface area contributed by atoms with Crippen molar-refractivity contribution in [2.24, 2.45) is 0 Å². The van der Waals surface area contributed by atoms with Crippen LogP contribution in [0.5, 0.6) is 5.95 Å². The van der Waals surface area contributed by atoms with E-state index in [2.05, 4.69) is 45.6 Å². The summed E-state index contributed by atoms with van der Waals surface area (Å²) in [6.45, 7) is 7.18. The molecule has 0 aliphatic carbocycles. The molecule has 1 aromatic heterocycles. The Kier molecular flexibility index (Phi) is 8.76. The predicted octanol–water partition coefficient (Wildman–Crippen LogP) is 3.92. The number of benzene rings is 2. The zero-order valence-electron chi connectivity index (χ0n) is 23.7. The van der Waals surface area contributed by atoms with Gasteiger partial charge in [-0.3, -0.25) is 14.4 Å². The first kappa shape index (κ1) is 28.1. The standard InChI is InChI=1S/C31H37N5O5/c1-22-7-3-4-8-25(22)34-17-19-35(20-18-34)26-11-10-23(30(38)32-14-6-16-36-15-5-9-28(36)37)21-24(26)33-31(39)27-12-13-29(40-2)41-27/h3-4,7-8,10-13,21H,5-6,9,14-20H2,1-2H3,(H,32,38)(H,33,39). The second-order valence-electron chi connectivity index (χ2n) is 10.4. The zero-order chi connectivity index (χ0) is 28.8. The summed E-state index contributed by atoms with van der Waals surface area (Å²) in [4.78, 5) is 44.4. The van der Waals surface area contributed by atoms with Crippen LogP contribution in [0.4, 0.5) is 17.1 Å². The number of nitrogens with zero attached hydrogens (tertiary/aromatic N) is 3. The van der Waals surface area contributed by atoms with E-state index in [1.165, 1.54) is 18.4 Å². The Labute approximate surface area is 240 Å². The Morgan fingerprint density at radius 1 is 0.927 bits per heavy atom. The topological polar surface area (TPSA) is 107 Å².